The Bertz CT molecular complexity index is 496. The zero-order valence-corrected chi connectivity index (χ0v) is 17.9. The van der Waals surface area contributed by atoms with Gasteiger partial charge in [-0.2, -0.15) is 0 Å². The topological polar surface area (TPSA) is 6.48 Å². The second kappa shape index (κ2) is 13.7. The van der Waals surface area contributed by atoms with Crippen LogP contribution in [-0.4, -0.2) is 17.6 Å². The summed E-state index contributed by atoms with van der Waals surface area (Å²) < 4.78 is 0. The van der Waals surface area contributed by atoms with E-state index in [1.54, 1.807) is 0 Å². The maximum Gasteiger partial charge on any atom is 0.105 e. The van der Waals surface area contributed by atoms with Crippen LogP contribution in [0.3, 0.4) is 0 Å². The van der Waals surface area contributed by atoms with E-state index in [-0.39, 0.29) is 0 Å². The van der Waals surface area contributed by atoms with Gasteiger partial charge in [-0.25, -0.2) is 0 Å². The molecule has 0 amide bonds. The van der Waals surface area contributed by atoms with Crippen LogP contribution < -0.4 is 4.90 Å². The van der Waals surface area contributed by atoms with Gasteiger partial charge in [0, 0.05) is 24.6 Å². The van der Waals surface area contributed by atoms with Crippen LogP contribution in [0.25, 0.3) is 0 Å². The van der Waals surface area contributed by atoms with E-state index in [2.05, 4.69) is 66.4 Å². The Morgan fingerprint density at radius 2 is 1.26 bits per heavy atom. The van der Waals surface area contributed by atoms with E-state index >= 15 is 0 Å². The van der Waals surface area contributed by atoms with Crippen LogP contribution in [-0.2, 0) is 0 Å². The molecule has 0 spiro atoms. The van der Waals surface area contributed by atoms with Crippen molar-refractivity contribution in [1.29, 1.82) is 0 Å². The minimum absolute atomic E-state index is 0.500. The fourth-order valence-electron chi connectivity index (χ4n) is 4.12. The van der Waals surface area contributed by atoms with E-state index in [0.29, 0.717) is 6.17 Å². The van der Waals surface area contributed by atoms with E-state index in [1.165, 1.54) is 95.7 Å². The first-order valence-electron chi connectivity index (χ1n) is 11.6. The number of nitrogens with zero attached hydrogens (tertiary/aromatic N) is 2. The van der Waals surface area contributed by atoms with E-state index in [1.807, 2.05) is 0 Å². The highest BCUT2D eigenvalue weighted by Crippen LogP contribution is 2.27. The monoisotopic (exact) mass is 370 g/mol. The standard InChI is InChI=1S/C25H42N2/c1-3-5-6-7-8-9-10-11-12-13-17-21-26-22-23-27(25(26)18-4-2)24-19-15-14-16-20-24/h14-16,19-20,22-23,25H,3-13,17-18,21H2,1-2H3. The Kier molecular flexibility index (Phi) is 11.1. The lowest BCUT2D eigenvalue weighted by Gasteiger charge is -2.32. The third-order valence-electron chi connectivity index (χ3n) is 5.74. The van der Waals surface area contributed by atoms with E-state index in [4.69, 9.17) is 0 Å². The van der Waals surface area contributed by atoms with Crippen molar-refractivity contribution in [3.8, 4) is 0 Å². The largest absolute Gasteiger partial charge is 0.356 e. The SMILES string of the molecule is CCCCCCCCCCCCCN1C=CN(c2ccccc2)C1CCC. The molecule has 0 radical (unpaired) electrons. The summed E-state index contributed by atoms with van der Waals surface area (Å²) in [5, 5.41) is 0. The highest BCUT2D eigenvalue weighted by atomic mass is 15.4. The molecule has 0 aliphatic carbocycles. The predicted octanol–water partition coefficient (Wildman–Crippen LogP) is 7.72. The molecule has 1 atom stereocenters. The van der Waals surface area contributed by atoms with Crippen LogP contribution >= 0.6 is 0 Å². The number of hydrogen-bond donors (Lipinski definition) is 0. The van der Waals surface area contributed by atoms with Crippen LogP contribution in [0, 0.1) is 0 Å². The smallest absolute Gasteiger partial charge is 0.105 e. The molecule has 1 aliphatic rings. The van der Waals surface area contributed by atoms with Gasteiger partial charge in [-0.05, 0) is 25.0 Å². The van der Waals surface area contributed by atoms with Gasteiger partial charge in [-0.3, -0.25) is 0 Å². The first-order valence-corrected chi connectivity index (χ1v) is 11.6. The van der Waals surface area contributed by atoms with Crippen LogP contribution in [0.5, 0.6) is 0 Å². The van der Waals surface area contributed by atoms with Gasteiger partial charge in [0.15, 0.2) is 0 Å². The zero-order chi connectivity index (χ0) is 19.2. The van der Waals surface area contributed by atoms with Gasteiger partial charge in [0.1, 0.15) is 6.17 Å². The maximum atomic E-state index is 2.56. The van der Waals surface area contributed by atoms with Crippen LogP contribution in [0.4, 0.5) is 5.69 Å². The normalized spacial score (nSPS) is 16.4. The minimum atomic E-state index is 0.500. The number of para-hydroxylation sites is 1. The lowest BCUT2D eigenvalue weighted by molar-refractivity contribution is 0.277. The molecule has 2 nitrogen and oxygen atoms in total. The predicted molar refractivity (Wildman–Crippen MR) is 120 cm³/mol. The fraction of sp³-hybridized carbons (Fsp3) is 0.680. The first kappa shape index (κ1) is 21.9. The molecule has 0 fully saturated rings. The van der Waals surface area contributed by atoms with Crippen molar-refractivity contribution < 1.29 is 0 Å². The van der Waals surface area contributed by atoms with Gasteiger partial charge in [0.05, 0.1) is 0 Å². The molecule has 0 bridgehead atoms. The fourth-order valence-corrected chi connectivity index (χ4v) is 4.12. The second-order valence-electron chi connectivity index (χ2n) is 8.08. The Morgan fingerprint density at radius 3 is 1.85 bits per heavy atom. The third kappa shape index (κ3) is 7.99. The lowest BCUT2D eigenvalue weighted by atomic mass is 10.1. The third-order valence-corrected chi connectivity index (χ3v) is 5.74. The molecule has 27 heavy (non-hydrogen) atoms. The van der Waals surface area contributed by atoms with Crippen molar-refractivity contribution >= 4 is 5.69 Å². The Hall–Kier alpha value is -1.44. The van der Waals surface area contributed by atoms with E-state index in [9.17, 15) is 0 Å². The number of hydrogen-bond acceptors (Lipinski definition) is 2. The molecule has 0 saturated carbocycles. The molecular weight excluding hydrogens is 328 g/mol. The summed E-state index contributed by atoms with van der Waals surface area (Å²) in [6.07, 6.45) is 23.1. The molecule has 0 aromatic heterocycles. The van der Waals surface area contributed by atoms with Crippen molar-refractivity contribution in [3.05, 3.63) is 42.7 Å². The molecule has 0 N–H and O–H groups in total. The second-order valence-corrected chi connectivity index (χ2v) is 8.08. The van der Waals surface area contributed by atoms with Crippen molar-refractivity contribution in [2.45, 2.75) is 103 Å². The average molecular weight is 371 g/mol. The molecule has 1 aromatic carbocycles. The van der Waals surface area contributed by atoms with Crippen molar-refractivity contribution in [1.82, 2.24) is 4.90 Å². The highest BCUT2D eigenvalue weighted by molar-refractivity contribution is 5.51. The van der Waals surface area contributed by atoms with Crippen molar-refractivity contribution in [3.63, 3.8) is 0 Å². The lowest BCUT2D eigenvalue weighted by Crippen LogP contribution is -2.39. The molecule has 2 rings (SSSR count). The Balaban J connectivity index is 1.58. The molecule has 152 valence electrons. The summed E-state index contributed by atoms with van der Waals surface area (Å²) in [4.78, 5) is 5.01. The van der Waals surface area contributed by atoms with E-state index in [0.717, 1.165) is 0 Å². The number of benzene rings is 1. The summed E-state index contributed by atoms with van der Waals surface area (Å²) in [5.41, 5.74) is 1.31. The van der Waals surface area contributed by atoms with Gasteiger partial charge >= 0.3 is 0 Å². The Labute approximate surface area is 168 Å². The molecule has 1 aromatic rings. The number of anilines is 1. The van der Waals surface area contributed by atoms with Gasteiger partial charge in [0.25, 0.3) is 0 Å². The Morgan fingerprint density at radius 1 is 0.667 bits per heavy atom. The number of unbranched alkanes of at least 4 members (excludes halogenated alkanes) is 10. The average Bonchev–Trinajstić information content (AvgIpc) is 3.10. The highest BCUT2D eigenvalue weighted by Gasteiger charge is 2.25. The summed E-state index contributed by atoms with van der Waals surface area (Å²) in [7, 11) is 0. The first-order chi connectivity index (χ1) is 13.4. The zero-order valence-electron chi connectivity index (χ0n) is 17.9. The summed E-state index contributed by atoms with van der Waals surface area (Å²) >= 11 is 0. The van der Waals surface area contributed by atoms with Gasteiger partial charge in [0.2, 0.25) is 0 Å². The molecule has 0 saturated heterocycles. The van der Waals surface area contributed by atoms with Crippen molar-refractivity contribution in [2.75, 3.05) is 11.4 Å². The quantitative estimate of drug-likeness (QED) is 0.292. The number of rotatable bonds is 15. The van der Waals surface area contributed by atoms with Crippen molar-refractivity contribution in [2.24, 2.45) is 0 Å². The van der Waals surface area contributed by atoms with Gasteiger partial charge in [-0.15, -0.1) is 0 Å². The van der Waals surface area contributed by atoms with Crippen LogP contribution in [0.1, 0.15) is 97.3 Å². The summed E-state index contributed by atoms with van der Waals surface area (Å²) in [6, 6.07) is 10.8. The van der Waals surface area contributed by atoms with Crippen LogP contribution in [0.2, 0.25) is 0 Å². The minimum Gasteiger partial charge on any atom is -0.356 e. The summed E-state index contributed by atoms with van der Waals surface area (Å²) in [5.74, 6) is 0. The maximum absolute atomic E-state index is 2.56. The van der Waals surface area contributed by atoms with Crippen LogP contribution in [0.15, 0.2) is 42.7 Å². The molecule has 1 aliphatic heterocycles. The van der Waals surface area contributed by atoms with Gasteiger partial charge < -0.3 is 9.80 Å². The molecule has 2 heteroatoms. The summed E-state index contributed by atoms with van der Waals surface area (Å²) in [6.45, 7) is 5.78. The molecular formula is C25H42N2. The van der Waals surface area contributed by atoms with E-state index < -0.39 is 0 Å². The van der Waals surface area contributed by atoms with Gasteiger partial charge in [-0.1, -0.05) is 103 Å². The molecule has 1 heterocycles. The molecule has 1 unspecified atom stereocenters.